The van der Waals surface area contributed by atoms with Crippen molar-refractivity contribution < 1.29 is 4.74 Å². The van der Waals surface area contributed by atoms with E-state index >= 15 is 0 Å². The maximum Gasteiger partial charge on any atom is 0.140 e. The van der Waals surface area contributed by atoms with Crippen molar-refractivity contribution in [2.75, 3.05) is 19.0 Å². The van der Waals surface area contributed by atoms with Crippen molar-refractivity contribution in [3.05, 3.63) is 53.3 Å². The zero-order chi connectivity index (χ0) is 13.1. The van der Waals surface area contributed by atoms with Crippen LogP contribution < -0.4 is 10.1 Å². The molecule has 1 aromatic carbocycles. The molecule has 0 bridgehead atoms. The Morgan fingerprint density at radius 2 is 2.26 bits per heavy atom. The molecule has 3 rings (SSSR count). The Hall–Kier alpha value is -2.03. The second kappa shape index (κ2) is 5.31. The quantitative estimate of drug-likeness (QED) is 0.914. The molecule has 2 aromatic rings. The van der Waals surface area contributed by atoms with Gasteiger partial charge in [-0.2, -0.15) is 0 Å². The Morgan fingerprint density at radius 3 is 3.16 bits per heavy atom. The molecule has 0 saturated heterocycles. The summed E-state index contributed by atoms with van der Waals surface area (Å²) in [6.45, 7) is 1.08. The molecule has 0 unspecified atom stereocenters. The molecule has 0 spiro atoms. The number of anilines is 1. The van der Waals surface area contributed by atoms with Gasteiger partial charge in [-0.3, -0.25) is 4.98 Å². The molecule has 0 radical (unpaired) electrons. The molecule has 3 heteroatoms. The van der Waals surface area contributed by atoms with Crippen molar-refractivity contribution in [1.82, 2.24) is 4.98 Å². The van der Waals surface area contributed by atoms with Crippen LogP contribution >= 0.6 is 0 Å². The van der Waals surface area contributed by atoms with E-state index in [1.165, 1.54) is 23.2 Å². The number of rotatable bonds is 3. The van der Waals surface area contributed by atoms with Crippen molar-refractivity contribution in [3.63, 3.8) is 0 Å². The monoisotopic (exact) mass is 254 g/mol. The van der Waals surface area contributed by atoms with Crippen molar-refractivity contribution in [1.29, 1.82) is 0 Å². The van der Waals surface area contributed by atoms with Crippen molar-refractivity contribution in [2.45, 2.75) is 19.3 Å². The minimum Gasteiger partial charge on any atom is -0.495 e. The number of aryl methyl sites for hydroxylation is 1. The van der Waals surface area contributed by atoms with E-state index in [0.29, 0.717) is 0 Å². The normalized spacial score (nSPS) is 13.5. The van der Waals surface area contributed by atoms with Gasteiger partial charge in [0.05, 0.1) is 12.8 Å². The van der Waals surface area contributed by atoms with Gasteiger partial charge in [0.15, 0.2) is 0 Å². The minimum absolute atomic E-state index is 0.817. The molecule has 1 aliphatic rings. The zero-order valence-corrected chi connectivity index (χ0v) is 11.1. The number of nitrogens with zero attached hydrogens (tertiary/aromatic N) is 1. The van der Waals surface area contributed by atoms with Crippen LogP contribution in [0.3, 0.4) is 0 Å². The first-order valence-electron chi connectivity index (χ1n) is 6.70. The highest BCUT2D eigenvalue weighted by molar-refractivity contribution is 5.54. The maximum atomic E-state index is 5.36. The van der Waals surface area contributed by atoms with Crippen LogP contribution in [0.5, 0.6) is 5.75 Å². The third kappa shape index (κ3) is 2.55. The van der Waals surface area contributed by atoms with Crippen molar-refractivity contribution in [3.8, 4) is 5.75 Å². The largest absolute Gasteiger partial charge is 0.495 e. The fourth-order valence-corrected chi connectivity index (χ4v) is 2.57. The Balaban J connectivity index is 1.87. The van der Waals surface area contributed by atoms with Crippen LogP contribution in [-0.4, -0.2) is 18.6 Å². The molecule has 0 atom stereocenters. The molecule has 0 aliphatic carbocycles. The van der Waals surface area contributed by atoms with E-state index in [-0.39, 0.29) is 0 Å². The summed E-state index contributed by atoms with van der Waals surface area (Å²) < 4.78 is 5.36. The smallest absolute Gasteiger partial charge is 0.140 e. The first kappa shape index (κ1) is 12.0. The number of fused-ring (bicyclic) bond motifs is 1. The van der Waals surface area contributed by atoms with E-state index < -0.39 is 0 Å². The first-order chi connectivity index (χ1) is 9.36. The number of ether oxygens (including phenoxy) is 1. The predicted molar refractivity (Wildman–Crippen MR) is 76.8 cm³/mol. The SMILES string of the molecule is COc1cccnc1Cc1ccc2c(c1)CCCN2. The molecule has 0 saturated carbocycles. The second-order valence-electron chi connectivity index (χ2n) is 4.85. The van der Waals surface area contributed by atoms with Gasteiger partial charge in [-0.25, -0.2) is 0 Å². The summed E-state index contributed by atoms with van der Waals surface area (Å²) in [7, 11) is 1.69. The van der Waals surface area contributed by atoms with Gasteiger partial charge < -0.3 is 10.1 Å². The van der Waals surface area contributed by atoms with E-state index in [9.17, 15) is 0 Å². The van der Waals surface area contributed by atoms with Gasteiger partial charge in [0.2, 0.25) is 0 Å². The number of nitrogens with one attached hydrogen (secondary N) is 1. The zero-order valence-electron chi connectivity index (χ0n) is 11.1. The van der Waals surface area contributed by atoms with E-state index in [2.05, 4.69) is 28.5 Å². The highest BCUT2D eigenvalue weighted by atomic mass is 16.5. The van der Waals surface area contributed by atoms with E-state index in [1.807, 2.05) is 18.3 Å². The van der Waals surface area contributed by atoms with E-state index in [4.69, 9.17) is 4.74 Å². The van der Waals surface area contributed by atoms with Crippen LogP contribution in [0.2, 0.25) is 0 Å². The van der Waals surface area contributed by atoms with Crippen molar-refractivity contribution >= 4 is 5.69 Å². The van der Waals surface area contributed by atoms with Crippen LogP contribution in [0, 0.1) is 0 Å². The van der Waals surface area contributed by atoms with E-state index in [1.54, 1.807) is 7.11 Å². The third-order valence-electron chi connectivity index (χ3n) is 3.55. The lowest BCUT2D eigenvalue weighted by molar-refractivity contribution is 0.408. The van der Waals surface area contributed by atoms with Gasteiger partial charge in [0.25, 0.3) is 0 Å². The summed E-state index contributed by atoms with van der Waals surface area (Å²) in [5.74, 6) is 0.860. The third-order valence-corrected chi connectivity index (χ3v) is 3.55. The maximum absolute atomic E-state index is 5.36. The number of benzene rings is 1. The predicted octanol–water partition coefficient (Wildman–Crippen LogP) is 3.04. The van der Waals surface area contributed by atoms with Gasteiger partial charge in [0, 0.05) is 24.8 Å². The molecular formula is C16H18N2O. The number of hydrogen-bond donors (Lipinski definition) is 1. The van der Waals surface area contributed by atoms with Crippen LogP contribution in [0.1, 0.15) is 23.2 Å². The van der Waals surface area contributed by atoms with Gasteiger partial charge >= 0.3 is 0 Å². The lowest BCUT2D eigenvalue weighted by Crippen LogP contribution is -2.11. The molecule has 0 fully saturated rings. The van der Waals surface area contributed by atoms with Gasteiger partial charge in [-0.15, -0.1) is 0 Å². The molecule has 1 aliphatic heterocycles. The Morgan fingerprint density at radius 1 is 1.32 bits per heavy atom. The van der Waals surface area contributed by atoms with E-state index in [0.717, 1.165) is 30.8 Å². The topological polar surface area (TPSA) is 34.1 Å². The fourth-order valence-electron chi connectivity index (χ4n) is 2.57. The molecule has 1 N–H and O–H groups in total. The molecule has 1 aromatic heterocycles. The Labute approximate surface area is 113 Å². The van der Waals surface area contributed by atoms with Crippen LogP contribution in [0.4, 0.5) is 5.69 Å². The summed E-state index contributed by atoms with van der Waals surface area (Å²) in [6, 6.07) is 10.5. The highest BCUT2D eigenvalue weighted by Crippen LogP contribution is 2.25. The second-order valence-corrected chi connectivity index (χ2v) is 4.85. The number of aromatic nitrogens is 1. The minimum atomic E-state index is 0.817. The average Bonchev–Trinajstić information content (AvgIpc) is 2.48. The summed E-state index contributed by atoms with van der Waals surface area (Å²) >= 11 is 0. The number of hydrogen-bond acceptors (Lipinski definition) is 3. The molecule has 2 heterocycles. The molecule has 19 heavy (non-hydrogen) atoms. The van der Waals surface area contributed by atoms with Gasteiger partial charge in [0.1, 0.15) is 5.75 Å². The lowest BCUT2D eigenvalue weighted by atomic mass is 9.98. The number of methoxy groups -OCH3 is 1. The molecule has 0 amide bonds. The summed E-state index contributed by atoms with van der Waals surface area (Å²) in [6.07, 6.45) is 5.01. The van der Waals surface area contributed by atoms with Crippen LogP contribution in [0.25, 0.3) is 0 Å². The number of pyridine rings is 1. The fraction of sp³-hybridized carbons (Fsp3) is 0.312. The van der Waals surface area contributed by atoms with Gasteiger partial charge in [-0.1, -0.05) is 12.1 Å². The lowest BCUT2D eigenvalue weighted by Gasteiger charge is -2.18. The molecule has 98 valence electrons. The summed E-state index contributed by atoms with van der Waals surface area (Å²) in [5.41, 5.74) is 4.98. The molecule has 3 nitrogen and oxygen atoms in total. The van der Waals surface area contributed by atoms with Crippen molar-refractivity contribution in [2.24, 2.45) is 0 Å². The highest BCUT2D eigenvalue weighted by Gasteiger charge is 2.10. The Bertz CT molecular complexity index is 581. The Kier molecular flexibility index (Phi) is 3.36. The van der Waals surface area contributed by atoms with Gasteiger partial charge in [-0.05, 0) is 42.2 Å². The van der Waals surface area contributed by atoms with Crippen LogP contribution in [-0.2, 0) is 12.8 Å². The summed E-state index contributed by atoms with van der Waals surface area (Å²) in [5, 5.41) is 3.44. The van der Waals surface area contributed by atoms with Crippen LogP contribution in [0.15, 0.2) is 36.5 Å². The standard InChI is InChI=1S/C16H18N2O/c1-19-16-5-3-9-18-15(16)11-12-6-7-14-13(10-12)4-2-8-17-14/h3,5-7,9-10,17H,2,4,8,11H2,1H3. The molecular weight excluding hydrogens is 236 g/mol. The first-order valence-corrected chi connectivity index (χ1v) is 6.70. The summed E-state index contributed by atoms with van der Waals surface area (Å²) in [4.78, 5) is 4.42. The average molecular weight is 254 g/mol.